The lowest BCUT2D eigenvalue weighted by atomic mass is 9.85. The zero-order valence-electron chi connectivity index (χ0n) is 19.2. The zero-order chi connectivity index (χ0) is 22.5. The van der Waals surface area contributed by atoms with Gasteiger partial charge in [-0.1, -0.05) is 63.4 Å². The van der Waals surface area contributed by atoms with Crippen molar-refractivity contribution in [3.8, 4) is 11.3 Å². The maximum Gasteiger partial charge on any atom is 0.144 e. The number of hydrogen-bond donors (Lipinski definition) is 0. The second kappa shape index (κ2) is 7.98. The molecule has 0 unspecified atom stereocenters. The number of halogens is 1. The highest BCUT2D eigenvalue weighted by molar-refractivity contribution is 6.12. The van der Waals surface area contributed by atoms with Crippen LogP contribution >= 0.6 is 0 Å². The van der Waals surface area contributed by atoms with Gasteiger partial charge in [0.25, 0.3) is 0 Å². The third-order valence-electron chi connectivity index (χ3n) is 7.29. The largest absolute Gasteiger partial charge is 0.455 e. The van der Waals surface area contributed by atoms with Crippen LogP contribution < -0.4 is 0 Å². The van der Waals surface area contributed by atoms with Gasteiger partial charge in [0.1, 0.15) is 17.0 Å². The summed E-state index contributed by atoms with van der Waals surface area (Å²) < 4.78 is 21.5. The van der Waals surface area contributed by atoms with Crippen LogP contribution in [0.1, 0.15) is 69.0 Å². The number of pyridine rings is 1. The van der Waals surface area contributed by atoms with Gasteiger partial charge in [0.05, 0.1) is 5.69 Å². The maximum absolute atomic E-state index is 15.1. The number of furan rings is 1. The van der Waals surface area contributed by atoms with Crippen molar-refractivity contribution in [1.29, 1.82) is 0 Å². The van der Waals surface area contributed by atoms with Gasteiger partial charge < -0.3 is 4.42 Å². The van der Waals surface area contributed by atoms with Crippen LogP contribution in [0.3, 0.4) is 0 Å². The molecule has 2 aromatic heterocycles. The first-order chi connectivity index (χ1) is 16.1. The fraction of sp³-hybridized carbons (Fsp3) is 0.300. The number of nitrogens with zero attached hydrogens (tertiary/aromatic N) is 1. The lowest BCUT2D eigenvalue weighted by Gasteiger charge is -2.22. The lowest BCUT2D eigenvalue weighted by Crippen LogP contribution is -2.07. The standard InChI is InChI=1S/C30H28FNO/c1-18(2)20-15-24-21-11-6-7-14-28(21)33-30(24)25(16-20)29-22-12-8-13-26(31)23(22)17-27(32-29)19-9-4-3-5-10-19/h6-8,11-19H,3-5,9-10H2,1-2H3. The number of aromatic nitrogens is 1. The zero-order valence-corrected chi connectivity index (χ0v) is 19.2. The van der Waals surface area contributed by atoms with Crippen molar-refractivity contribution in [3.63, 3.8) is 0 Å². The topological polar surface area (TPSA) is 26.0 Å². The van der Waals surface area contributed by atoms with Crippen LogP contribution in [0.4, 0.5) is 4.39 Å². The van der Waals surface area contributed by atoms with Crippen LogP contribution in [0.15, 0.2) is 65.1 Å². The fourth-order valence-electron chi connectivity index (χ4n) is 5.43. The summed E-state index contributed by atoms with van der Waals surface area (Å²) in [6.45, 7) is 4.41. The SMILES string of the molecule is CC(C)c1cc(-c2nc(C3CCCCC3)cc3c(F)cccc23)c2oc3ccccc3c2c1. The molecule has 1 fully saturated rings. The van der Waals surface area contributed by atoms with Gasteiger partial charge >= 0.3 is 0 Å². The first-order valence-electron chi connectivity index (χ1n) is 12.1. The van der Waals surface area contributed by atoms with E-state index in [-0.39, 0.29) is 5.82 Å². The summed E-state index contributed by atoms with van der Waals surface area (Å²) >= 11 is 0. The van der Waals surface area contributed by atoms with Gasteiger partial charge in [-0.05, 0) is 54.7 Å². The molecular weight excluding hydrogens is 409 g/mol. The minimum atomic E-state index is -0.186. The van der Waals surface area contributed by atoms with E-state index in [1.54, 1.807) is 12.1 Å². The summed E-state index contributed by atoms with van der Waals surface area (Å²) in [5.41, 5.74) is 5.74. The molecule has 0 N–H and O–H groups in total. The van der Waals surface area contributed by atoms with Crippen molar-refractivity contribution in [2.24, 2.45) is 0 Å². The van der Waals surface area contributed by atoms with Crippen molar-refractivity contribution in [2.75, 3.05) is 0 Å². The van der Waals surface area contributed by atoms with Gasteiger partial charge in [-0.2, -0.15) is 0 Å². The molecule has 1 aliphatic rings. The summed E-state index contributed by atoms with van der Waals surface area (Å²) in [5, 5.41) is 3.70. The molecule has 6 rings (SSSR count). The van der Waals surface area contributed by atoms with Gasteiger partial charge in [-0.3, -0.25) is 4.98 Å². The molecule has 0 atom stereocenters. The molecule has 0 radical (unpaired) electrons. The van der Waals surface area contributed by atoms with E-state index < -0.39 is 0 Å². The van der Waals surface area contributed by atoms with Crippen LogP contribution in [-0.2, 0) is 0 Å². The summed E-state index contributed by atoms with van der Waals surface area (Å²) in [4.78, 5) is 5.23. The van der Waals surface area contributed by atoms with Crippen molar-refractivity contribution >= 4 is 32.7 Å². The van der Waals surface area contributed by atoms with Crippen LogP contribution in [0.5, 0.6) is 0 Å². The van der Waals surface area contributed by atoms with Gasteiger partial charge in [-0.15, -0.1) is 0 Å². The molecule has 166 valence electrons. The van der Waals surface area contributed by atoms with E-state index >= 15 is 4.39 Å². The summed E-state index contributed by atoms with van der Waals surface area (Å²) in [6, 6.07) is 19.9. The van der Waals surface area contributed by atoms with Crippen molar-refractivity contribution in [2.45, 2.75) is 57.8 Å². The first-order valence-corrected chi connectivity index (χ1v) is 12.1. The van der Waals surface area contributed by atoms with Crippen LogP contribution in [0.2, 0.25) is 0 Å². The molecule has 0 aliphatic heterocycles. The van der Waals surface area contributed by atoms with Gasteiger partial charge in [0, 0.05) is 38.7 Å². The van der Waals surface area contributed by atoms with E-state index in [0.29, 0.717) is 17.2 Å². The highest BCUT2D eigenvalue weighted by Crippen LogP contribution is 2.42. The molecule has 1 saturated carbocycles. The minimum absolute atomic E-state index is 0.186. The number of rotatable bonds is 3. The molecule has 1 aliphatic carbocycles. The molecule has 3 aromatic carbocycles. The number of benzene rings is 3. The van der Waals surface area contributed by atoms with E-state index in [9.17, 15) is 0 Å². The molecule has 0 saturated heterocycles. The molecule has 3 heteroatoms. The number of fused-ring (bicyclic) bond motifs is 4. The Hall–Kier alpha value is -3.20. The Kier molecular flexibility index (Phi) is 4.94. The smallest absolute Gasteiger partial charge is 0.144 e. The predicted octanol–water partition coefficient (Wildman–Crippen LogP) is 9.11. The molecule has 33 heavy (non-hydrogen) atoms. The van der Waals surface area contributed by atoms with Gasteiger partial charge in [0.2, 0.25) is 0 Å². The van der Waals surface area contributed by atoms with Crippen molar-refractivity contribution in [1.82, 2.24) is 4.98 Å². The van der Waals surface area contributed by atoms with Gasteiger partial charge in [-0.25, -0.2) is 4.39 Å². The Morgan fingerprint density at radius 1 is 0.848 bits per heavy atom. The van der Waals surface area contributed by atoms with Crippen molar-refractivity contribution in [3.05, 3.63) is 77.7 Å². The van der Waals surface area contributed by atoms with Crippen LogP contribution in [0, 0.1) is 5.82 Å². The Balaban J connectivity index is 1.70. The van der Waals surface area contributed by atoms with E-state index in [1.807, 2.05) is 30.3 Å². The first kappa shape index (κ1) is 20.4. The minimum Gasteiger partial charge on any atom is -0.455 e. The second-order valence-electron chi connectivity index (χ2n) is 9.76. The Bertz CT molecular complexity index is 1490. The summed E-state index contributed by atoms with van der Waals surface area (Å²) in [6.07, 6.45) is 5.96. The lowest BCUT2D eigenvalue weighted by molar-refractivity contribution is 0.437. The van der Waals surface area contributed by atoms with Gasteiger partial charge in [0.15, 0.2) is 0 Å². The maximum atomic E-state index is 15.1. The molecular formula is C30H28FNO. The van der Waals surface area contributed by atoms with Crippen molar-refractivity contribution < 1.29 is 8.81 Å². The second-order valence-corrected chi connectivity index (χ2v) is 9.76. The highest BCUT2D eigenvalue weighted by atomic mass is 19.1. The molecule has 0 amide bonds. The number of hydrogen-bond acceptors (Lipinski definition) is 2. The van der Waals surface area contributed by atoms with Crippen LogP contribution in [-0.4, -0.2) is 4.98 Å². The Morgan fingerprint density at radius 2 is 1.64 bits per heavy atom. The fourth-order valence-corrected chi connectivity index (χ4v) is 5.43. The Labute approximate surface area is 193 Å². The average Bonchev–Trinajstić information content (AvgIpc) is 3.22. The predicted molar refractivity (Wildman–Crippen MR) is 134 cm³/mol. The summed E-state index contributed by atoms with van der Waals surface area (Å²) in [5.74, 6) is 0.557. The van der Waals surface area contributed by atoms with E-state index in [0.717, 1.165) is 57.1 Å². The molecule has 5 aromatic rings. The van der Waals surface area contributed by atoms with E-state index in [1.165, 1.54) is 24.8 Å². The normalized spacial score (nSPS) is 15.3. The molecule has 2 heterocycles. The number of para-hydroxylation sites is 1. The monoisotopic (exact) mass is 437 g/mol. The van der Waals surface area contributed by atoms with E-state index in [4.69, 9.17) is 9.40 Å². The average molecular weight is 438 g/mol. The third-order valence-corrected chi connectivity index (χ3v) is 7.29. The quantitative estimate of drug-likeness (QED) is 0.281. The Morgan fingerprint density at radius 3 is 2.45 bits per heavy atom. The molecule has 0 bridgehead atoms. The summed E-state index contributed by atoms with van der Waals surface area (Å²) in [7, 11) is 0. The molecule has 2 nitrogen and oxygen atoms in total. The van der Waals surface area contributed by atoms with Crippen LogP contribution in [0.25, 0.3) is 44.0 Å². The highest BCUT2D eigenvalue weighted by Gasteiger charge is 2.23. The van der Waals surface area contributed by atoms with E-state index in [2.05, 4.69) is 32.0 Å². The third kappa shape index (κ3) is 3.42. The molecule has 0 spiro atoms.